The van der Waals surface area contributed by atoms with Crippen LogP contribution in [0.4, 0.5) is 11.6 Å². The Labute approximate surface area is 182 Å². The van der Waals surface area contributed by atoms with Gasteiger partial charge in [0.2, 0.25) is 5.95 Å². The Balaban J connectivity index is 1.26. The number of thioether (sulfide) groups is 1. The number of aromatic nitrogens is 3. The molecule has 2 aromatic heterocycles. The zero-order chi connectivity index (χ0) is 20.3. The minimum absolute atomic E-state index is 0.106. The van der Waals surface area contributed by atoms with E-state index in [1.807, 2.05) is 24.3 Å². The molecule has 0 aliphatic carbocycles. The topological polar surface area (TPSA) is 65.1 Å². The van der Waals surface area contributed by atoms with E-state index in [9.17, 15) is 4.79 Å². The summed E-state index contributed by atoms with van der Waals surface area (Å²) in [5, 5.41) is 0. The Kier molecular flexibility index (Phi) is 5.42. The quantitative estimate of drug-likeness (QED) is 0.478. The number of anilines is 2. The van der Waals surface area contributed by atoms with E-state index in [1.54, 1.807) is 29.2 Å². The van der Waals surface area contributed by atoms with Crippen molar-refractivity contribution in [3.8, 4) is 0 Å². The van der Waals surface area contributed by atoms with E-state index in [0.717, 1.165) is 41.7 Å². The van der Waals surface area contributed by atoms with Crippen LogP contribution in [0.3, 0.4) is 0 Å². The van der Waals surface area contributed by atoms with Crippen molar-refractivity contribution < 1.29 is 0 Å². The summed E-state index contributed by atoms with van der Waals surface area (Å²) < 4.78 is 2.17. The van der Waals surface area contributed by atoms with Crippen molar-refractivity contribution >= 4 is 45.0 Å². The van der Waals surface area contributed by atoms with Gasteiger partial charge >= 0.3 is 0 Å². The summed E-state index contributed by atoms with van der Waals surface area (Å²) in [5.74, 6) is 1.29. The summed E-state index contributed by atoms with van der Waals surface area (Å²) in [6.07, 6.45) is 0. The lowest BCUT2D eigenvalue weighted by atomic mass is 10.2. The maximum absolute atomic E-state index is 12.2. The fourth-order valence-electron chi connectivity index (χ4n) is 3.58. The highest BCUT2D eigenvalue weighted by Crippen LogP contribution is 2.31. The zero-order valence-corrected chi connectivity index (χ0v) is 18.0. The SMILES string of the molecule is O=c1cc(CSc2nc3ccccc3s2)nc(N2CCN(c3ccccc3)CC2)[nH]1. The molecule has 4 aromatic rings. The van der Waals surface area contributed by atoms with Gasteiger partial charge in [-0.3, -0.25) is 9.78 Å². The van der Waals surface area contributed by atoms with Crippen LogP contribution in [0.25, 0.3) is 10.2 Å². The predicted molar refractivity (Wildman–Crippen MR) is 125 cm³/mol. The van der Waals surface area contributed by atoms with Crippen LogP contribution in [0.2, 0.25) is 0 Å². The highest BCUT2D eigenvalue weighted by molar-refractivity contribution is 8.00. The number of H-pyrrole nitrogens is 1. The van der Waals surface area contributed by atoms with Gasteiger partial charge in [0.25, 0.3) is 5.56 Å². The largest absolute Gasteiger partial charge is 0.368 e. The van der Waals surface area contributed by atoms with Gasteiger partial charge in [-0.25, -0.2) is 9.97 Å². The number of piperazine rings is 1. The molecule has 0 spiro atoms. The van der Waals surface area contributed by atoms with Crippen LogP contribution in [0, 0.1) is 0 Å². The fraction of sp³-hybridized carbons (Fsp3) is 0.227. The third-order valence-electron chi connectivity index (χ3n) is 5.10. The lowest BCUT2D eigenvalue weighted by Crippen LogP contribution is -2.47. The first kappa shape index (κ1) is 19.1. The molecule has 3 heterocycles. The summed E-state index contributed by atoms with van der Waals surface area (Å²) in [4.78, 5) is 29.1. The summed E-state index contributed by atoms with van der Waals surface area (Å²) in [7, 11) is 0. The summed E-state index contributed by atoms with van der Waals surface area (Å²) in [6.45, 7) is 3.45. The minimum Gasteiger partial charge on any atom is -0.368 e. The van der Waals surface area contributed by atoms with E-state index in [1.165, 1.54) is 10.4 Å². The first-order valence-corrected chi connectivity index (χ1v) is 11.7. The molecule has 0 saturated carbocycles. The van der Waals surface area contributed by atoms with Gasteiger partial charge in [-0.05, 0) is 24.3 Å². The van der Waals surface area contributed by atoms with Crippen LogP contribution in [0.15, 0.2) is 69.8 Å². The van der Waals surface area contributed by atoms with Crippen LogP contribution >= 0.6 is 23.1 Å². The molecular weight excluding hydrogens is 414 g/mol. The molecule has 152 valence electrons. The average Bonchev–Trinajstić information content (AvgIpc) is 3.21. The molecule has 0 bridgehead atoms. The van der Waals surface area contributed by atoms with Gasteiger partial charge in [0, 0.05) is 43.7 Å². The number of hydrogen-bond donors (Lipinski definition) is 1. The molecule has 30 heavy (non-hydrogen) atoms. The van der Waals surface area contributed by atoms with Gasteiger partial charge in [-0.2, -0.15) is 0 Å². The highest BCUT2D eigenvalue weighted by atomic mass is 32.2. The molecule has 1 fully saturated rings. The number of benzene rings is 2. The van der Waals surface area contributed by atoms with Crippen LogP contribution in [0.1, 0.15) is 5.69 Å². The van der Waals surface area contributed by atoms with Gasteiger partial charge in [0.15, 0.2) is 4.34 Å². The van der Waals surface area contributed by atoms with Gasteiger partial charge < -0.3 is 9.80 Å². The third-order valence-corrected chi connectivity index (χ3v) is 7.31. The number of rotatable bonds is 5. The molecule has 1 N–H and O–H groups in total. The molecule has 1 aliphatic heterocycles. The van der Waals surface area contributed by atoms with Crippen LogP contribution < -0.4 is 15.4 Å². The summed E-state index contributed by atoms with van der Waals surface area (Å²) in [6, 6.07) is 20.1. The number of fused-ring (bicyclic) bond motifs is 1. The molecular formula is C22H21N5OS2. The van der Waals surface area contributed by atoms with E-state index >= 15 is 0 Å². The van der Waals surface area contributed by atoms with E-state index in [2.05, 4.69) is 50.1 Å². The van der Waals surface area contributed by atoms with E-state index in [0.29, 0.717) is 11.7 Å². The zero-order valence-electron chi connectivity index (χ0n) is 16.3. The Morgan fingerprint density at radius 2 is 1.67 bits per heavy atom. The molecule has 8 heteroatoms. The first-order chi connectivity index (χ1) is 14.7. The van der Waals surface area contributed by atoms with Gasteiger partial charge in [-0.1, -0.05) is 42.1 Å². The summed E-state index contributed by atoms with van der Waals surface area (Å²) in [5.41, 5.74) is 2.93. The maximum atomic E-state index is 12.2. The molecule has 1 aliphatic rings. The first-order valence-electron chi connectivity index (χ1n) is 9.88. The number of aromatic amines is 1. The van der Waals surface area contributed by atoms with Crippen LogP contribution in [-0.2, 0) is 5.75 Å². The number of nitrogens with zero attached hydrogens (tertiary/aromatic N) is 4. The Morgan fingerprint density at radius 1 is 0.933 bits per heavy atom. The maximum Gasteiger partial charge on any atom is 0.252 e. The van der Waals surface area contributed by atoms with Crippen molar-refractivity contribution in [2.45, 2.75) is 10.1 Å². The number of para-hydroxylation sites is 2. The van der Waals surface area contributed by atoms with Gasteiger partial charge in [-0.15, -0.1) is 11.3 Å². The van der Waals surface area contributed by atoms with Crippen LogP contribution in [0.5, 0.6) is 0 Å². The molecule has 0 radical (unpaired) electrons. The Morgan fingerprint density at radius 3 is 2.47 bits per heavy atom. The summed E-state index contributed by atoms with van der Waals surface area (Å²) >= 11 is 3.30. The highest BCUT2D eigenvalue weighted by Gasteiger charge is 2.19. The number of hydrogen-bond acceptors (Lipinski definition) is 7. The lowest BCUT2D eigenvalue weighted by molar-refractivity contribution is 0.638. The molecule has 1 saturated heterocycles. The molecule has 0 amide bonds. The fourth-order valence-corrected chi connectivity index (χ4v) is 5.54. The monoisotopic (exact) mass is 435 g/mol. The van der Waals surface area contributed by atoms with Gasteiger partial charge in [0.05, 0.1) is 15.9 Å². The lowest BCUT2D eigenvalue weighted by Gasteiger charge is -2.36. The number of thiazole rings is 1. The number of nitrogens with one attached hydrogen (secondary N) is 1. The van der Waals surface area contributed by atoms with Crippen molar-refractivity contribution in [1.29, 1.82) is 0 Å². The molecule has 0 unspecified atom stereocenters. The second kappa shape index (κ2) is 8.49. The normalized spacial score (nSPS) is 14.4. The Hall–Kier alpha value is -2.84. The van der Waals surface area contributed by atoms with Crippen molar-refractivity contribution in [1.82, 2.24) is 15.0 Å². The van der Waals surface area contributed by atoms with E-state index < -0.39 is 0 Å². The second-order valence-electron chi connectivity index (χ2n) is 7.11. The van der Waals surface area contributed by atoms with Crippen molar-refractivity contribution in [2.24, 2.45) is 0 Å². The minimum atomic E-state index is -0.106. The Bertz CT molecular complexity index is 1170. The van der Waals surface area contributed by atoms with Crippen molar-refractivity contribution in [2.75, 3.05) is 36.0 Å². The predicted octanol–water partition coefficient (Wildman–Crippen LogP) is 4.00. The molecule has 2 aromatic carbocycles. The van der Waals surface area contributed by atoms with Gasteiger partial charge in [0.1, 0.15) is 0 Å². The van der Waals surface area contributed by atoms with E-state index in [4.69, 9.17) is 4.98 Å². The average molecular weight is 436 g/mol. The standard InChI is InChI=1S/C22H21N5OS2/c28-20-14-16(15-29-22-24-18-8-4-5-9-19(18)30-22)23-21(25-20)27-12-10-26(11-13-27)17-6-2-1-3-7-17/h1-9,14H,10-13,15H2,(H,23,25,28). The van der Waals surface area contributed by atoms with Crippen molar-refractivity contribution in [3.05, 3.63) is 76.7 Å². The van der Waals surface area contributed by atoms with Crippen LogP contribution in [-0.4, -0.2) is 41.1 Å². The van der Waals surface area contributed by atoms with E-state index in [-0.39, 0.29) is 5.56 Å². The molecule has 6 nitrogen and oxygen atoms in total. The molecule has 0 atom stereocenters. The smallest absolute Gasteiger partial charge is 0.252 e. The van der Waals surface area contributed by atoms with Crippen molar-refractivity contribution in [3.63, 3.8) is 0 Å². The second-order valence-corrected chi connectivity index (χ2v) is 9.36. The molecule has 5 rings (SSSR count). The third kappa shape index (κ3) is 4.20.